The van der Waals surface area contributed by atoms with Gasteiger partial charge in [-0.05, 0) is 36.8 Å². The third-order valence-corrected chi connectivity index (χ3v) is 3.01. The zero-order valence-corrected chi connectivity index (χ0v) is 11.9. The third kappa shape index (κ3) is 3.38. The van der Waals surface area contributed by atoms with Crippen molar-refractivity contribution >= 4 is 17.3 Å². The van der Waals surface area contributed by atoms with E-state index in [0.29, 0.717) is 5.02 Å². The van der Waals surface area contributed by atoms with E-state index in [1.165, 1.54) is 0 Å². The molecule has 0 radical (unpaired) electrons. The molecule has 0 aliphatic rings. The molecule has 0 saturated heterocycles. The Labute approximate surface area is 118 Å². The van der Waals surface area contributed by atoms with Crippen LogP contribution in [-0.2, 0) is 0 Å². The van der Waals surface area contributed by atoms with Crippen molar-refractivity contribution in [2.24, 2.45) is 0 Å². The molecule has 3 nitrogen and oxygen atoms in total. The highest BCUT2D eigenvalue weighted by Gasteiger charge is 2.08. The lowest BCUT2D eigenvalue weighted by Crippen LogP contribution is -2.00. The van der Waals surface area contributed by atoms with Gasteiger partial charge in [0.1, 0.15) is 5.75 Å². The van der Waals surface area contributed by atoms with Gasteiger partial charge in [0.2, 0.25) is 0 Å². The predicted molar refractivity (Wildman–Crippen MR) is 80.0 cm³/mol. The van der Waals surface area contributed by atoms with Gasteiger partial charge in [-0.15, -0.1) is 0 Å². The zero-order valence-electron chi connectivity index (χ0n) is 11.1. The summed E-state index contributed by atoms with van der Waals surface area (Å²) in [7, 11) is 1.64. The number of rotatable bonds is 5. The quantitative estimate of drug-likeness (QED) is 0.887. The first kappa shape index (κ1) is 13.7. The van der Waals surface area contributed by atoms with Crippen molar-refractivity contribution in [3.63, 3.8) is 0 Å². The largest absolute Gasteiger partial charge is 0.496 e. The molecule has 4 heteroatoms. The molecule has 0 fully saturated rings. The molecule has 2 aromatic rings. The van der Waals surface area contributed by atoms with Crippen molar-refractivity contribution in [2.45, 2.75) is 13.3 Å². The molecule has 0 unspecified atom stereocenters. The molecule has 100 valence electrons. The SMILES string of the molecule is CCCNc1ccnc(-c2cc(Cl)ccc2OC)c1. The van der Waals surface area contributed by atoms with Crippen LogP contribution in [0.4, 0.5) is 5.69 Å². The monoisotopic (exact) mass is 276 g/mol. The number of hydrogen-bond acceptors (Lipinski definition) is 3. The van der Waals surface area contributed by atoms with Crippen LogP contribution in [0.25, 0.3) is 11.3 Å². The fourth-order valence-electron chi connectivity index (χ4n) is 1.84. The van der Waals surface area contributed by atoms with Gasteiger partial charge in [0, 0.05) is 29.0 Å². The molecule has 0 aliphatic carbocycles. The van der Waals surface area contributed by atoms with Crippen LogP contribution in [0.5, 0.6) is 5.75 Å². The molecular formula is C15H17ClN2O. The van der Waals surface area contributed by atoms with E-state index >= 15 is 0 Å². The molecule has 0 atom stereocenters. The van der Waals surface area contributed by atoms with Crippen molar-refractivity contribution in [1.29, 1.82) is 0 Å². The Bertz CT molecular complexity index is 558. The standard InChI is InChI=1S/C15H17ClN2O/c1-3-7-17-12-6-8-18-14(10-12)13-9-11(16)4-5-15(13)19-2/h4-6,8-10H,3,7H2,1-2H3,(H,17,18). The highest BCUT2D eigenvalue weighted by Crippen LogP contribution is 2.32. The lowest BCUT2D eigenvalue weighted by Gasteiger charge is -2.10. The van der Waals surface area contributed by atoms with Gasteiger partial charge in [-0.25, -0.2) is 0 Å². The minimum Gasteiger partial charge on any atom is -0.496 e. The topological polar surface area (TPSA) is 34.2 Å². The Morgan fingerprint density at radius 1 is 1.26 bits per heavy atom. The van der Waals surface area contributed by atoms with Crippen LogP contribution in [0.2, 0.25) is 5.02 Å². The normalized spacial score (nSPS) is 10.3. The highest BCUT2D eigenvalue weighted by molar-refractivity contribution is 6.30. The minimum atomic E-state index is 0.671. The third-order valence-electron chi connectivity index (χ3n) is 2.78. The first-order chi connectivity index (χ1) is 9.24. The highest BCUT2D eigenvalue weighted by atomic mass is 35.5. The van der Waals surface area contributed by atoms with E-state index in [0.717, 1.165) is 35.7 Å². The summed E-state index contributed by atoms with van der Waals surface area (Å²) < 4.78 is 5.36. The second-order valence-corrected chi connectivity index (χ2v) is 4.64. The fourth-order valence-corrected chi connectivity index (χ4v) is 2.01. The van der Waals surface area contributed by atoms with E-state index < -0.39 is 0 Å². The van der Waals surface area contributed by atoms with Crippen molar-refractivity contribution in [3.05, 3.63) is 41.6 Å². The molecule has 19 heavy (non-hydrogen) atoms. The Morgan fingerprint density at radius 3 is 2.84 bits per heavy atom. The second-order valence-electron chi connectivity index (χ2n) is 4.20. The number of anilines is 1. The number of pyridine rings is 1. The van der Waals surface area contributed by atoms with E-state index in [9.17, 15) is 0 Å². The number of aromatic nitrogens is 1. The second kappa shape index (κ2) is 6.43. The molecule has 1 N–H and O–H groups in total. The van der Waals surface area contributed by atoms with Crippen LogP contribution < -0.4 is 10.1 Å². The van der Waals surface area contributed by atoms with E-state index in [4.69, 9.17) is 16.3 Å². The molecule has 0 spiro atoms. The van der Waals surface area contributed by atoms with E-state index in [-0.39, 0.29) is 0 Å². The number of nitrogens with zero attached hydrogens (tertiary/aromatic N) is 1. The summed E-state index contributed by atoms with van der Waals surface area (Å²) >= 11 is 6.05. The Kier molecular flexibility index (Phi) is 4.63. The number of hydrogen-bond donors (Lipinski definition) is 1. The molecule has 0 bridgehead atoms. The first-order valence-corrected chi connectivity index (χ1v) is 6.66. The predicted octanol–water partition coefficient (Wildman–Crippen LogP) is 4.23. The lowest BCUT2D eigenvalue weighted by molar-refractivity contribution is 0.416. The van der Waals surface area contributed by atoms with E-state index in [1.54, 1.807) is 13.3 Å². The fraction of sp³-hybridized carbons (Fsp3) is 0.267. The molecule has 0 amide bonds. The van der Waals surface area contributed by atoms with Crippen molar-refractivity contribution in [2.75, 3.05) is 19.0 Å². The maximum absolute atomic E-state index is 6.05. The van der Waals surface area contributed by atoms with Gasteiger partial charge in [-0.1, -0.05) is 18.5 Å². The van der Waals surface area contributed by atoms with Crippen molar-refractivity contribution < 1.29 is 4.74 Å². The molecular weight excluding hydrogens is 260 g/mol. The molecule has 2 rings (SSSR count). The first-order valence-electron chi connectivity index (χ1n) is 6.28. The summed E-state index contributed by atoms with van der Waals surface area (Å²) in [6, 6.07) is 9.49. The smallest absolute Gasteiger partial charge is 0.128 e. The molecule has 1 heterocycles. The molecule has 0 saturated carbocycles. The molecule has 0 aliphatic heterocycles. The summed E-state index contributed by atoms with van der Waals surface area (Å²) in [6.45, 7) is 3.07. The van der Waals surface area contributed by atoms with Crippen molar-refractivity contribution in [3.8, 4) is 17.0 Å². The van der Waals surface area contributed by atoms with Crippen LogP contribution in [-0.4, -0.2) is 18.6 Å². The Hall–Kier alpha value is -1.74. The lowest BCUT2D eigenvalue weighted by atomic mass is 10.1. The number of halogens is 1. The van der Waals surface area contributed by atoms with Gasteiger partial charge < -0.3 is 10.1 Å². The van der Waals surface area contributed by atoms with Gasteiger partial charge in [-0.3, -0.25) is 4.98 Å². The summed E-state index contributed by atoms with van der Waals surface area (Å²) in [4.78, 5) is 4.39. The Morgan fingerprint density at radius 2 is 2.11 bits per heavy atom. The summed E-state index contributed by atoms with van der Waals surface area (Å²) in [5.41, 5.74) is 2.80. The maximum atomic E-state index is 6.05. The molecule has 1 aromatic carbocycles. The average Bonchev–Trinajstić information content (AvgIpc) is 2.45. The summed E-state index contributed by atoms with van der Waals surface area (Å²) in [5, 5.41) is 4.01. The van der Waals surface area contributed by atoms with E-state index in [1.807, 2.05) is 30.3 Å². The number of nitrogens with one attached hydrogen (secondary N) is 1. The van der Waals surface area contributed by atoms with Crippen LogP contribution in [0, 0.1) is 0 Å². The number of methoxy groups -OCH3 is 1. The van der Waals surface area contributed by atoms with Gasteiger partial charge in [0.25, 0.3) is 0 Å². The maximum Gasteiger partial charge on any atom is 0.128 e. The van der Waals surface area contributed by atoms with Crippen molar-refractivity contribution in [1.82, 2.24) is 4.98 Å². The van der Waals surface area contributed by atoms with Gasteiger partial charge in [0.05, 0.1) is 12.8 Å². The summed E-state index contributed by atoms with van der Waals surface area (Å²) in [6.07, 6.45) is 2.87. The Balaban J connectivity index is 2.38. The van der Waals surface area contributed by atoms with Gasteiger partial charge in [0.15, 0.2) is 0 Å². The van der Waals surface area contributed by atoms with Crippen LogP contribution in [0.1, 0.15) is 13.3 Å². The van der Waals surface area contributed by atoms with Gasteiger partial charge >= 0.3 is 0 Å². The summed E-state index contributed by atoms with van der Waals surface area (Å²) in [5.74, 6) is 0.768. The number of ether oxygens (including phenoxy) is 1. The minimum absolute atomic E-state index is 0.671. The average molecular weight is 277 g/mol. The van der Waals surface area contributed by atoms with Crippen LogP contribution >= 0.6 is 11.6 Å². The molecule has 1 aromatic heterocycles. The van der Waals surface area contributed by atoms with Crippen LogP contribution in [0.3, 0.4) is 0 Å². The number of benzene rings is 1. The van der Waals surface area contributed by atoms with Crippen LogP contribution in [0.15, 0.2) is 36.5 Å². The van der Waals surface area contributed by atoms with E-state index in [2.05, 4.69) is 17.2 Å². The van der Waals surface area contributed by atoms with Gasteiger partial charge in [-0.2, -0.15) is 0 Å². The zero-order chi connectivity index (χ0) is 13.7.